The number of anilines is 2. The van der Waals surface area contributed by atoms with Gasteiger partial charge in [-0.25, -0.2) is 9.59 Å². The third kappa shape index (κ3) is 11.4. The van der Waals surface area contributed by atoms with Gasteiger partial charge in [0.25, 0.3) is 0 Å². The van der Waals surface area contributed by atoms with Crippen molar-refractivity contribution in [2.45, 2.75) is 50.4 Å². The molecule has 0 spiro atoms. The molecule has 6 aromatic carbocycles. The lowest BCUT2D eigenvalue weighted by Gasteiger charge is -2.35. The molecule has 2 saturated heterocycles. The highest BCUT2D eigenvalue weighted by Crippen LogP contribution is 2.39. The van der Waals surface area contributed by atoms with Crippen molar-refractivity contribution in [3.8, 4) is 0 Å². The van der Waals surface area contributed by atoms with Crippen molar-refractivity contribution in [3.05, 3.63) is 168 Å². The number of hydroxylamine groups is 4. The Hall–Kier alpha value is -6.62. The lowest BCUT2D eigenvalue weighted by atomic mass is 9.77. The molecule has 10 nitrogen and oxygen atoms in total. The van der Waals surface area contributed by atoms with E-state index in [4.69, 9.17) is 9.68 Å². The predicted molar refractivity (Wildman–Crippen MR) is 263 cm³/mol. The molecule has 0 amide bonds. The van der Waals surface area contributed by atoms with Crippen molar-refractivity contribution in [1.82, 2.24) is 10.1 Å². The zero-order valence-corrected chi connectivity index (χ0v) is 38.5. The van der Waals surface area contributed by atoms with Gasteiger partial charge >= 0.3 is 11.9 Å². The highest BCUT2D eigenvalue weighted by molar-refractivity contribution is 6.01. The Morgan fingerprint density at radius 2 is 0.848 bits per heavy atom. The average Bonchev–Trinajstić information content (AvgIpc) is 3.34. The molecule has 0 saturated carbocycles. The van der Waals surface area contributed by atoms with Gasteiger partial charge in [-0.1, -0.05) is 97.1 Å². The number of fused-ring (bicyclic) bond motifs is 2. The standard InChI is InChI=1S/C56H60N4O6/c1-57(2)49-21-17-41(18-22-49)51(37-53(61)47-15-13-39-9-5-7-11-45(39)35-47)43-27-31-59(32-28-43)65-55(63)25-26-56(64)66-60-33-29-44(30-34-60)52(42-19-23-50(24-20-42)58(3)4)38-54(62)48-16-14-40-10-6-8-12-46(40)36-48/h5-26,35-36,43-44,51-52H,27-34,37-38H2,1-4H3/b26-25+. The Balaban J connectivity index is 0.834. The van der Waals surface area contributed by atoms with Crippen molar-refractivity contribution in [3.63, 3.8) is 0 Å². The third-order valence-corrected chi connectivity index (χ3v) is 13.6. The van der Waals surface area contributed by atoms with Crippen LogP contribution in [0, 0.1) is 11.8 Å². The fourth-order valence-corrected chi connectivity index (χ4v) is 9.70. The zero-order valence-electron chi connectivity index (χ0n) is 38.5. The Morgan fingerprint density at radius 1 is 0.500 bits per heavy atom. The number of nitrogens with zero attached hydrogens (tertiary/aromatic N) is 4. The molecule has 10 heteroatoms. The Kier molecular flexibility index (Phi) is 14.7. The predicted octanol–water partition coefficient (Wildman–Crippen LogP) is 10.4. The van der Waals surface area contributed by atoms with Crippen molar-refractivity contribution in [2.75, 3.05) is 64.2 Å². The minimum atomic E-state index is -0.648. The van der Waals surface area contributed by atoms with Crippen molar-refractivity contribution >= 4 is 56.4 Å². The van der Waals surface area contributed by atoms with Gasteiger partial charge in [0.1, 0.15) is 0 Å². The van der Waals surface area contributed by atoms with E-state index < -0.39 is 11.9 Å². The molecule has 2 aliphatic heterocycles. The summed E-state index contributed by atoms with van der Waals surface area (Å²) in [4.78, 5) is 69.0. The summed E-state index contributed by atoms with van der Waals surface area (Å²) < 4.78 is 0. The summed E-state index contributed by atoms with van der Waals surface area (Å²) >= 11 is 0. The lowest BCUT2D eigenvalue weighted by Crippen LogP contribution is -2.37. The summed E-state index contributed by atoms with van der Waals surface area (Å²) in [6.07, 6.45) is 5.93. The molecular formula is C56H60N4O6. The van der Waals surface area contributed by atoms with Crippen LogP contribution in [-0.2, 0) is 19.3 Å². The van der Waals surface area contributed by atoms with E-state index in [1.54, 1.807) is 10.1 Å². The summed E-state index contributed by atoms with van der Waals surface area (Å²) in [5, 5.41) is 7.58. The van der Waals surface area contributed by atoms with Gasteiger partial charge in [-0.2, -0.15) is 0 Å². The van der Waals surface area contributed by atoms with Crippen molar-refractivity contribution in [2.24, 2.45) is 11.8 Å². The number of hydrogen-bond acceptors (Lipinski definition) is 10. The van der Waals surface area contributed by atoms with Crippen LogP contribution in [0.5, 0.6) is 0 Å². The second-order valence-corrected chi connectivity index (χ2v) is 18.3. The molecule has 0 aromatic heterocycles. The van der Waals surface area contributed by atoms with Crippen LogP contribution in [0.15, 0.2) is 146 Å². The number of rotatable bonds is 16. The maximum Gasteiger partial charge on any atom is 0.349 e. The van der Waals surface area contributed by atoms with Crippen molar-refractivity contribution < 1.29 is 28.9 Å². The van der Waals surface area contributed by atoms with E-state index in [1.165, 1.54) is 0 Å². The topological polar surface area (TPSA) is 99.7 Å². The number of Topliss-reactive ketones (excluding diaryl/α,β-unsaturated/α-hetero) is 2. The van der Waals surface area contributed by atoms with Gasteiger partial charge in [0.2, 0.25) is 0 Å². The molecule has 2 atom stereocenters. The van der Waals surface area contributed by atoms with E-state index in [2.05, 4.69) is 58.3 Å². The van der Waals surface area contributed by atoms with Crippen molar-refractivity contribution in [1.29, 1.82) is 0 Å². The van der Waals surface area contributed by atoms with Gasteiger partial charge < -0.3 is 19.5 Å². The van der Waals surface area contributed by atoms with Gasteiger partial charge in [0.05, 0.1) is 0 Å². The van der Waals surface area contributed by atoms with E-state index in [9.17, 15) is 19.2 Å². The SMILES string of the molecule is CN(C)c1ccc(C(CC(=O)c2ccc3ccccc3c2)C2CCN(OC(=O)/C=C/C(=O)ON3CCC(C(CC(=O)c4ccc5ccccc5c4)c4ccc(N(C)C)cc4)CC3)CC2)cc1. The molecule has 340 valence electrons. The highest BCUT2D eigenvalue weighted by atomic mass is 16.7. The largest absolute Gasteiger partial charge is 0.378 e. The number of carbonyl (C=O) groups is 4. The Labute approximate surface area is 388 Å². The minimum absolute atomic E-state index is 0.00355. The van der Waals surface area contributed by atoms with Gasteiger partial charge in [0, 0.05) is 102 Å². The molecule has 0 N–H and O–H groups in total. The molecule has 2 unspecified atom stereocenters. The van der Waals surface area contributed by atoms with Crippen LogP contribution in [0.2, 0.25) is 0 Å². The molecule has 0 aliphatic carbocycles. The van der Waals surface area contributed by atoms with Gasteiger partial charge in [-0.3, -0.25) is 9.59 Å². The normalized spacial score (nSPS) is 16.2. The molecule has 6 aromatic rings. The van der Waals surface area contributed by atoms with Gasteiger partial charge in [0.15, 0.2) is 11.6 Å². The first-order valence-electron chi connectivity index (χ1n) is 23.2. The number of ketones is 2. The molecule has 0 radical (unpaired) electrons. The third-order valence-electron chi connectivity index (χ3n) is 13.6. The number of carbonyl (C=O) groups excluding carboxylic acids is 4. The molecule has 2 heterocycles. The highest BCUT2D eigenvalue weighted by Gasteiger charge is 2.33. The minimum Gasteiger partial charge on any atom is -0.378 e. The Morgan fingerprint density at radius 3 is 1.20 bits per heavy atom. The van der Waals surface area contributed by atoms with E-state index >= 15 is 0 Å². The molecule has 0 bridgehead atoms. The second-order valence-electron chi connectivity index (χ2n) is 18.3. The quantitative estimate of drug-likeness (QED) is 0.0690. The monoisotopic (exact) mass is 884 g/mol. The van der Waals surface area contributed by atoms with Crippen LogP contribution < -0.4 is 9.80 Å². The van der Waals surface area contributed by atoms with Crippen LogP contribution in [0.25, 0.3) is 21.5 Å². The Bertz CT molecular complexity index is 2490. The number of hydrogen-bond donors (Lipinski definition) is 0. The fourth-order valence-electron chi connectivity index (χ4n) is 9.70. The maximum atomic E-state index is 13.8. The summed E-state index contributed by atoms with van der Waals surface area (Å²) in [6.45, 7) is 2.03. The summed E-state index contributed by atoms with van der Waals surface area (Å²) in [6, 6.07) is 44.9. The van der Waals surface area contributed by atoms with Crippen LogP contribution in [0.4, 0.5) is 11.4 Å². The lowest BCUT2D eigenvalue weighted by molar-refractivity contribution is -0.193. The van der Waals surface area contributed by atoms with Crippen LogP contribution in [0.1, 0.15) is 82.2 Å². The van der Waals surface area contributed by atoms with Gasteiger partial charge in [-0.15, -0.1) is 10.1 Å². The summed E-state index contributed by atoms with van der Waals surface area (Å²) in [5.74, 6) is -0.681. The van der Waals surface area contributed by atoms with E-state index in [-0.39, 0.29) is 35.2 Å². The molecule has 2 fully saturated rings. The van der Waals surface area contributed by atoms with E-state index in [0.29, 0.717) is 50.1 Å². The van der Waals surface area contributed by atoms with Crippen LogP contribution in [-0.4, -0.2) is 88.0 Å². The molecule has 2 aliphatic rings. The van der Waals surface area contributed by atoms with E-state index in [0.717, 1.165) is 81.9 Å². The summed E-state index contributed by atoms with van der Waals surface area (Å²) in [7, 11) is 8.05. The second kappa shape index (κ2) is 21.1. The number of piperidine rings is 2. The smallest absolute Gasteiger partial charge is 0.349 e. The van der Waals surface area contributed by atoms with Crippen LogP contribution in [0.3, 0.4) is 0 Å². The zero-order chi connectivity index (χ0) is 46.2. The summed E-state index contributed by atoms with van der Waals surface area (Å²) in [5.41, 5.74) is 5.85. The first kappa shape index (κ1) is 45.9. The molecule has 8 rings (SSSR count). The first-order chi connectivity index (χ1) is 32.0. The van der Waals surface area contributed by atoms with E-state index in [1.807, 2.05) is 113 Å². The first-order valence-corrected chi connectivity index (χ1v) is 23.2. The van der Waals surface area contributed by atoms with Gasteiger partial charge in [-0.05, 0) is 118 Å². The van der Waals surface area contributed by atoms with Crippen LogP contribution >= 0.6 is 0 Å². The maximum absolute atomic E-state index is 13.8. The fraction of sp³-hybridized carbons (Fsp3) is 0.321. The molecule has 66 heavy (non-hydrogen) atoms. The average molecular weight is 885 g/mol. The molecular weight excluding hydrogens is 825 g/mol. The number of benzene rings is 6.